The second kappa shape index (κ2) is 11.5. The molecule has 1 aliphatic rings. The maximum Gasteiger partial charge on any atom is 0.191 e. The molecule has 0 bridgehead atoms. The Kier molecular flexibility index (Phi) is 11.5. The fraction of sp³-hybridized carbons (Fsp3) is 0.938. The zero-order valence-electron chi connectivity index (χ0n) is 14.5. The van der Waals surface area contributed by atoms with Crippen molar-refractivity contribution >= 4 is 29.9 Å². The molecule has 0 unspecified atom stereocenters. The molecule has 0 atom stereocenters. The molecule has 0 spiro atoms. The number of aliphatic imine (C=N–C) groups is 1. The molecule has 2 N–H and O–H groups in total. The summed E-state index contributed by atoms with van der Waals surface area (Å²) in [7, 11) is 0. The summed E-state index contributed by atoms with van der Waals surface area (Å²) >= 11 is 0. The first-order valence-electron chi connectivity index (χ1n) is 8.31. The van der Waals surface area contributed by atoms with Gasteiger partial charge in [-0.1, -0.05) is 13.8 Å². The van der Waals surface area contributed by atoms with Crippen LogP contribution in [0.5, 0.6) is 0 Å². The van der Waals surface area contributed by atoms with Crippen LogP contribution in [-0.4, -0.2) is 49.1 Å². The number of guanidine groups is 1. The zero-order chi connectivity index (χ0) is 15.0. The van der Waals surface area contributed by atoms with E-state index in [1.54, 1.807) is 0 Å². The smallest absolute Gasteiger partial charge is 0.191 e. The third kappa shape index (κ3) is 8.86. The maximum absolute atomic E-state index is 4.68. The number of nitrogens with one attached hydrogen (secondary N) is 2. The topological polar surface area (TPSA) is 39.7 Å². The predicted molar refractivity (Wildman–Crippen MR) is 104 cm³/mol. The van der Waals surface area contributed by atoms with E-state index >= 15 is 0 Å². The van der Waals surface area contributed by atoms with Crippen LogP contribution < -0.4 is 10.6 Å². The van der Waals surface area contributed by atoms with Crippen molar-refractivity contribution in [1.82, 2.24) is 15.5 Å². The van der Waals surface area contributed by atoms with Crippen LogP contribution in [0.3, 0.4) is 0 Å². The van der Waals surface area contributed by atoms with E-state index in [0.29, 0.717) is 12.1 Å². The lowest BCUT2D eigenvalue weighted by molar-refractivity contribution is 0.167. The van der Waals surface area contributed by atoms with Gasteiger partial charge in [-0.25, -0.2) is 0 Å². The summed E-state index contributed by atoms with van der Waals surface area (Å²) in [4.78, 5) is 7.24. The molecule has 1 saturated heterocycles. The lowest BCUT2D eigenvalue weighted by Gasteiger charge is -2.35. The molecule has 1 aliphatic heterocycles. The molecule has 0 radical (unpaired) electrons. The van der Waals surface area contributed by atoms with Gasteiger partial charge in [-0.05, 0) is 46.0 Å². The van der Waals surface area contributed by atoms with Gasteiger partial charge >= 0.3 is 0 Å². The van der Waals surface area contributed by atoms with Crippen molar-refractivity contribution in [3.63, 3.8) is 0 Å². The lowest BCUT2D eigenvalue weighted by atomic mass is 10.0. The maximum atomic E-state index is 4.68. The first-order valence-corrected chi connectivity index (χ1v) is 8.31. The minimum atomic E-state index is 0. The molecular weight excluding hydrogens is 375 g/mol. The summed E-state index contributed by atoms with van der Waals surface area (Å²) < 4.78 is 0. The van der Waals surface area contributed by atoms with Crippen molar-refractivity contribution in [2.45, 2.75) is 66.0 Å². The van der Waals surface area contributed by atoms with E-state index in [2.05, 4.69) is 55.1 Å². The molecule has 1 fully saturated rings. The highest BCUT2D eigenvalue weighted by Gasteiger charge is 2.21. The Balaban J connectivity index is 0.00000400. The van der Waals surface area contributed by atoms with Crippen LogP contribution in [0.25, 0.3) is 0 Å². The highest BCUT2D eigenvalue weighted by atomic mass is 127. The fourth-order valence-corrected chi connectivity index (χ4v) is 2.51. The van der Waals surface area contributed by atoms with E-state index in [-0.39, 0.29) is 24.0 Å². The molecule has 4 nitrogen and oxygen atoms in total. The average Bonchev–Trinajstić information content (AvgIpc) is 2.39. The standard InChI is InChI=1S/C16H34N4.HI/c1-6-17-16(18-10-7-13(2)3)19-15-8-11-20(12-9-15)14(4)5;/h13-15H,6-12H2,1-5H3,(H2,17,18,19);1H. The number of nitrogens with zero attached hydrogens (tertiary/aromatic N) is 2. The average molecular weight is 410 g/mol. The fourth-order valence-electron chi connectivity index (χ4n) is 2.51. The second-order valence-electron chi connectivity index (χ2n) is 6.49. The molecule has 0 aliphatic carbocycles. The second-order valence-corrected chi connectivity index (χ2v) is 6.49. The number of hydrogen-bond acceptors (Lipinski definition) is 2. The van der Waals surface area contributed by atoms with Crippen LogP contribution in [0.4, 0.5) is 0 Å². The molecule has 0 amide bonds. The monoisotopic (exact) mass is 410 g/mol. The van der Waals surface area contributed by atoms with Crippen molar-refractivity contribution in [2.75, 3.05) is 26.2 Å². The number of hydrogen-bond donors (Lipinski definition) is 2. The first-order chi connectivity index (χ1) is 9.52. The van der Waals surface area contributed by atoms with E-state index in [0.717, 1.165) is 31.4 Å². The Morgan fingerprint density at radius 3 is 2.29 bits per heavy atom. The molecular formula is C16H35IN4. The van der Waals surface area contributed by atoms with Crippen LogP contribution >= 0.6 is 24.0 Å². The summed E-state index contributed by atoms with van der Waals surface area (Å²) in [5.74, 6) is 1.71. The minimum Gasteiger partial charge on any atom is -0.357 e. The molecule has 0 aromatic carbocycles. The van der Waals surface area contributed by atoms with Crippen LogP contribution in [-0.2, 0) is 0 Å². The van der Waals surface area contributed by atoms with Gasteiger partial charge in [0.1, 0.15) is 0 Å². The Morgan fingerprint density at radius 2 is 1.81 bits per heavy atom. The van der Waals surface area contributed by atoms with Gasteiger partial charge in [0.25, 0.3) is 0 Å². The first kappa shape index (κ1) is 21.0. The Morgan fingerprint density at radius 1 is 1.19 bits per heavy atom. The molecule has 126 valence electrons. The molecule has 0 saturated carbocycles. The van der Waals surface area contributed by atoms with E-state index in [9.17, 15) is 0 Å². The number of likely N-dealkylation sites (tertiary alicyclic amines) is 1. The normalized spacial score (nSPS) is 18.0. The van der Waals surface area contributed by atoms with Crippen molar-refractivity contribution < 1.29 is 0 Å². The highest BCUT2D eigenvalue weighted by Crippen LogP contribution is 2.12. The van der Waals surface area contributed by atoms with Gasteiger partial charge in [-0.2, -0.15) is 0 Å². The molecule has 21 heavy (non-hydrogen) atoms. The van der Waals surface area contributed by atoms with Gasteiger partial charge in [0.05, 0.1) is 0 Å². The van der Waals surface area contributed by atoms with Crippen molar-refractivity contribution in [3.8, 4) is 0 Å². The molecule has 0 aromatic rings. The van der Waals surface area contributed by atoms with E-state index in [1.165, 1.54) is 25.9 Å². The van der Waals surface area contributed by atoms with Gasteiger partial charge < -0.3 is 15.5 Å². The lowest BCUT2D eigenvalue weighted by Crippen LogP contribution is -2.49. The summed E-state index contributed by atoms with van der Waals surface area (Å²) in [6, 6.07) is 1.24. The molecule has 1 rings (SSSR count). The largest absolute Gasteiger partial charge is 0.357 e. The summed E-state index contributed by atoms with van der Waals surface area (Å²) in [6.07, 6.45) is 3.59. The van der Waals surface area contributed by atoms with Crippen molar-refractivity contribution in [2.24, 2.45) is 10.9 Å². The van der Waals surface area contributed by atoms with Crippen molar-refractivity contribution in [3.05, 3.63) is 0 Å². The highest BCUT2D eigenvalue weighted by molar-refractivity contribution is 14.0. The quantitative estimate of drug-likeness (QED) is 0.402. The molecule has 5 heteroatoms. The van der Waals surface area contributed by atoms with Crippen molar-refractivity contribution in [1.29, 1.82) is 0 Å². The van der Waals surface area contributed by atoms with Gasteiger partial charge in [0.15, 0.2) is 5.96 Å². The van der Waals surface area contributed by atoms with Crippen LogP contribution in [0.15, 0.2) is 4.99 Å². The third-order valence-corrected chi connectivity index (χ3v) is 3.92. The van der Waals surface area contributed by atoms with Gasteiger partial charge in [-0.15, -0.1) is 24.0 Å². The zero-order valence-corrected chi connectivity index (χ0v) is 16.8. The summed E-state index contributed by atoms with van der Waals surface area (Å²) in [5, 5.41) is 6.97. The predicted octanol–water partition coefficient (Wildman–Crippen LogP) is 3.08. The number of rotatable bonds is 6. The van der Waals surface area contributed by atoms with E-state index < -0.39 is 0 Å². The third-order valence-electron chi connectivity index (χ3n) is 3.92. The van der Waals surface area contributed by atoms with Crippen LogP contribution in [0, 0.1) is 5.92 Å². The Hall–Kier alpha value is -0.0400. The Bertz CT molecular complexity index is 284. The molecule has 1 heterocycles. The SMILES string of the molecule is CCNC(=NCCC(C)C)NC1CCN(C(C)C)CC1.I. The minimum absolute atomic E-state index is 0. The van der Waals surface area contributed by atoms with Gasteiger partial charge in [0.2, 0.25) is 0 Å². The Labute approximate surface area is 148 Å². The number of halogens is 1. The van der Waals surface area contributed by atoms with E-state index in [1.807, 2.05) is 0 Å². The van der Waals surface area contributed by atoms with Gasteiger partial charge in [-0.3, -0.25) is 4.99 Å². The van der Waals surface area contributed by atoms with Gasteiger partial charge in [0, 0.05) is 38.3 Å². The summed E-state index contributed by atoms with van der Waals surface area (Å²) in [5.41, 5.74) is 0. The number of piperidine rings is 1. The van der Waals surface area contributed by atoms with E-state index in [4.69, 9.17) is 0 Å². The summed E-state index contributed by atoms with van der Waals surface area (Å²) in [6.45, 7) is 15.4. The molecule has 0 aromatic heterocycles. The van der Waals surface area contributed by atoms with Crippen LogP contribution in [0.2, 0.25) is 0 Å². The van der Waals surface area contributed by atoms with Crippen LogP contribution in [0.1, 0.15) is 53.9 Å².